The smallest absolute Gasteiger partial charge is 0.363 e. The Hall–Kier alpha value is -3.25. The molecule has 0 bridgehead atoms. The van der Waals surface area contributed by atoms with Gasteiger partial charge in [-0.1, -0.05) is 48.0 Å². The van der Waals surface area contributed by atoms with Gasteiger partial charge in [0.15, 0.2) is 5.70 Å². The molecule has 1 heterocycles. The second-order valence-electron chi connectivity index (χ2n) is 5.56. The van der Waals surface area contributed by atoms with E-state index < -0.39 is 10.9 Å². The van der Waals surface area contributed by atoms with Gasteiger partial charge in [0.05, 0.1) is 4.92 Å². The van der Waals surface area contributed by atoms with Crippen molar-refractivity contribution in [3.63, 3.8) is 0 Å². The molecule has 0 radical (unpaired) electrons. The van der Waals surface area contributed by atoms with Gasteiger partial charge in [-0.05, 0) is 36.3 Å². The standard InChI is InChI=1S/C19H13ClN2O4/c1-12(9-13-5-3-2-4-6-13)10-16-19(23)26-18(21-16)14-7-8-15(20)17(11-14)22(24)25/h2-11H,1H3. The molecule has 7 heteroatoms. The number of ether oxygens (including phenoxy) is 1. The van der Waals surface area contributed by atoms with Crippen molar-refractivity contribution in [3.05, 3.63) is 92.1 Å². The van der Waals surface area contributed by atoms with Crippen LogP contribution in [-0.4, -0.2) is 16.8 Å². The fraction of sp³-hybridized carbons (Fsp3) is 0.0526. The highest BCUT2D eigenvalue weighted by atomic mass is 35.5. The molecule has 0 aliphatic carbocycles. The van der Waals surface area contributed by atoms with Gasteiger partial charge >= 0.3 is 5.97 Å². The van der Waals surface area contributed by atoms with Crippen LogP contribution in [0.2, 0.25) is 5.02 Å². The monoisotopic (exact) mass is 368 g/mol. The van der Waals surface area contributed by atoms with Crippen LogP contribution in [0.3, 0.4) is 0 Å². The number of nitrogens with zero attached hydrogens (tertiary/aromatic N) is 2. The Kier molecular flexibility index (Phi) is 4.95. The molecule has 2 aromatic carbocycles. The molecule has 0 amide bonds. The number of nitro benzene ring substituents is 1. The average Bonchev–Trinajstić information content (AvgIpc) is 2.96. The fourth-order valence-corrected chi connectivity index (χ4v) is 2.57. The quantitative estimate of drug-likeness (QED) is 0.343. The maximum absolute atomic E-state index is 12.0. The first-order valence-electron chi connectivity index (χ1n) is 7.64. The molecule has 2 aromatic rings. The van der Waals surface area contributed by atoms with Crippen LogP contribution in [0.15, 0.2) is 70.9 Å². The van der Waals surface area contributed by atoms with Crippen molar-refractivity contribution < 1.29 is 14.5 Å². The number of allylic oxidation sites excluding steroid dienone is 2. The highest BCUT2D eigenvalue weighted by molar-refractivity contribution is 6.32. The number of nitro groups is 1. The second kappa shape index (κ2) is 7.33. The Morgan fingerprint density at radius 1 is 1.23 bits per heavy atom. The molecule has 6 nitrogen and oxygen atoms in total. The molecule has 0 unspecified atom stereocenters. The van der Waals surface area contributed by atoms with E-state index >= 15 is 0 Å². The Balaban J connectivity index is 1.91. The van der Waals surface area contributed by atoms with E-state index in [9.17, 15) is 14.9 Å². The lowest BCUT2D eigenvalue weighted by atomic mass is 10.1. The predicted molar refractivity (Wildman–Crippen MR) is 98.9 cm³/mol. The number of carbonyl (C=O) groups excluding carboxylic acids is 1. The van der Waals surface area contributed by atoms with Crippen LogP contribution >= 0.6 is 11.6 Å². The van der Waals surface area contributed by atoms with E-state index in [1.807, 2.05) is 43.3 Å². The fourth-order valence-electron chi connectivity index (χ4n) is 2.39. The summed E-state index contributed by atoms with van der Waals surface area (Å²) in [6.07, 6.45) is 3.51. The summed E-state index contributed by atoms with van der Waals surface area (Å²) in [5.41, 5.74) is 1.96. The molecule has 0 fully saturated rings. The first-order valence-corrected chi connectivity index (χ1v) is 8.02. The molecule has 130 valence electrons. The first kappa shape index (κ1) is 17.6. The van der Waals surface area contributed by atoms with Crippen molar-refractivity contribution in [2.24, 2.45) is 4.99 Å². The van der Waals surface area contributed by atoms with Crippen molar-refractivity contribution in [2.75, 3.05) is 0 Å². The highest BCUT2D eigenvalue weighted by Crippen LogP contribution is 2.27. The third kappa shape index (κ3) is 3.87. The van der Waals surface area contributed by atoms with Crippen LogP contribution in [-0.2, 0) is 9.53 Å². The normalized spacial score (nSPS) is 15.8. The van der Waals surface area contributed by atoms with Gasteiger partial charge in [0.1, 0.15) is 5.02 Å². The predicted octanol–water partition coefficient (Wildman–Crippen LogP) is 4.54. The zero-order chi connectivity index (χ0) is 18.7. The molecule has 3 rings (SSSR count). The van der Waals surface area contributed by atoms with E-state index in [1.54, 1.807) is 6.08 Å². The number of carbonyl (C=O) groups is 1. The summed E-state index contributed by atoms with van der Waals surface area (Å²) >= 11 is 5.79. The molecule has 0 aromatic heterocycles. The number of aliphatic imine (C=N–C) groups is 1. The number of rotatable bonds is 4. The van der Waals surface area contributed by atoms with Crippen LogP contribution in [0, 0.1) is 10.1 Å². The van der Waals surface area contributed by atoms with Gasteiger partial charge in [-0.15, -0.1) is 0 Å². The van der Waals surface area contributed by atoms with Gasteiger partial charge < -0.3 is 4.74 Å². The summed E-state index contributed by atoms with van der Waals surface area (Å²) in [4.78, 5) is 26.6. The Bertz CT molecular complexity index is 978. The molecular formula is C19H13ClN2O4. The molecule has 1 aliphatic heterocycles. The van der Waals surface area contributed by atoms with E-state index in [4.69, 9.17) is 16.3 Å². The zero-order valence-electron chi connectivity index (χ0n) is 13.7. The van der Waals surface area contributed by atoms with Gasteiger partial charge in [-0.2, -0.15) is 0 Å². The number of benzene rings is 2. The maximum Gasteiger partial charge on any atom is 0.363 e. The topological polar surface area (TPSA) is 81.8 Å². The average molecular weight is 369 g/mol. The van der Waals surface area contributed by atoms with Gasteiger partial charge in [-0.3, -0.25) is 10.1 Å². The molecule has 26 heavy (non-hydrogen) atoms. The molecule has 0 N–H and O–H groups in total. The highest BCUT2D eigenvalue weighted by Gasteiger charge is 2.26. The van der Waals surface area contributed by atoms with Crippen molar-refractivity contribution in [3.8, 4) is 0 Å². The van der Waals surface area contributed by atoms with Crippen molar-refractivity contribution >= 4 is 35.2 Å². The van der Waals surface area contributed by atoms with Crippen LogP contribution in [0.5, 0.6) is 0 Å². The molecule has 1 aliphatic rings. The summed E-state index contributed by atoms with van der Waals surface area (Å²) in [5.74, 6) is -0.605. The van der Waals surface area contributed by atoms with Crippen LogP contribution in [0.25, 0.3) is 6.08 Å². The number of halogens is 1. The molecule has 0 atom stereocenters. The van der Waals surface area contributed by atoms with E-state index in [-0.39, 0.29) is 22.3 Å². The molecule has 0 saturated carbocycles. The largest absolute Gasteiger partial charge is 0.402 e. The van der Waals surface area contributed by atoms with Crippen LogP contribution < -0.4 is 0 Å². The summed E-state index contributed by atoms with van der Waals surface area (Å²) in [5, 5.41) is 11.0. The van der Waals surface area contributed by atoms with Crippen LogP contribution in [0.4, 0.5) is 5.69 Å². The Morgan fingerprint density at radius 3 is 2.65 bits per heavy atom. The molecule has 0 spiro atoms. The minimum Gasteiger partial charge on any atom is -0.402 e. The van der Waals surface area contributed by atoms with Crippen molar-refractivity contribution in [1.82, 2.24) is 0 Å². The Morgan fingerprint density at radius 2 is 1.96 bits per heavy atom. The summed E-state index contributed by atoms with van der Waals surface area (Å²) in [6, 6.07) is 13.7. The van der Waals surface area contributed by atoms with Gasteiger partial charge in [0, 0.05) is 11.6 Å². The van der Waals surface area contributed by atoms with E-state index in [0.717, 1.165) is 11.1 Å². The summed E-state index contributed by atoms with van der Waals surface area (Å²) in [7, 11) is 0. The number of esters is 1. The van der Waals surface area contributed by atoms with Gasteiger partial charge in [-0.25, -0.2) is 9.79 Å². The number of cyclic esters (lactones) is 1. The van der Waals surface area contributed by atoms with Crippen molar-refractivity contribution in [2.45, 2.75) is 6.92 Å². The van der Waals surface area contributed by atoms with E-state index in [2.05, 4.69) is 4.99 Å². The van der Waals surface area contributed by atoms with Crippen LogP contribution in [0.1, 0.15) is 18.1 Å². The Labute approximate surface area is 154 Å². The molecule has 0 saturated heterocycles. The maximum atomic E-state index is 12.0. The van der Waals surface area contributed by atoms with Gasteiger partial charge in [0.2, 0.25) is 5.90 Å². The van der Waals surface area contributed by atoms with Crippen molar-refractivity contribution in [1.29, 1.82) is 0 Å². The summed E-state index contributed by atoms with van der Waals surface area (Å²) in [6.45, 7) is 1.84. The first-order chi connectivity index (χ1) is 12.4. The lowest BCUT2D eigenvalue weighted by Gasteiger charge is -2.00. The lowest BCUT2D eigenvalue weighted by molar-refractivity contribution is -0.384. The minimum absolute atomic E-state index is 0.000998. The minimum atomic E-state index is -0.613. The number of hydrogen-bond acceptors (Lipinski definition) is 5. The molecular weight excluding hydrogens is 356 g/mol. The third-order valence-electron chi connectivity index (χ3n) is 3.57. The third-order valence-corrected chi connectivity index (χ3v) is 3.89. The number of hydrogen-bond donors (Lipinski definition) is 0. The zero-order valence-corrected chi connectivity index (χ0v) is 14.4. The summed E-state index contributed by atoms with van der Waals surface area (Å²) < 4.78 is 5.14. The lowest BCUT2D eigenvalue weighted by Crippen LogP contribution is -2.06. The SMILES string of the molecule is CC(=Cc1ccccc1)C=C1N=C(c2ccc(Cl)c([N+](=O)[O-])c2)OC1=O. The van der Waals surface area contributed by atoms with Gasteiger partial charge in [0.25, 0.3) is 5.69 Å². The van der Waals surface area contributed by atoms with E-state index in [1.165, 1.54) is 18.2 Å². The van der Waals surface area contributed by atoms with E-state index in [0.29, 0.717) is 5.56 Å². The second-order valence-corrected chi connectivity index (χ2v) is 5.97.